The third-order valence-corrected chi connectivity index (χ3v) is 3.24. The molecule has 5 nitrogen and oxygen atoms in total. The Morgan fingerprint density at radius 2 is 1.77 bits per heavy atom. The fourth-order valence-corrected chi connectivity index (χ4v) is 1.99. The van der Waals surface area contributed by atoms with Crippen molar-refractivity contribution in [2.75, 3.05) is 13.1 Å². The summed E-state index contributed by atoms with van der Waals surface area (Å²) in [5.74, 6) is -0.0241. The van der Waals surface area contributed by atoms with Gasteiger partial charge >= 0.3 is 0 Å². The van der Waals surface area contributed by atoms with E-state index < -0.39 is 0 Å². The van der Waals surface area contributed by atoms with E-state index in [1.54, 1.807) is 24.3 Å². The molecule has 2 N–H and O–H groups in total. The van der Waals surface area contributed by atoms with Crippen molar-refractivity contribution in [1.29, 1.82) is 0 Å². The molecule has 22 heavy (non-hydrogen) atoms. The summed E-state index contributed by atoms with van der Waals surface area (Å²) in [6, 6.07) is 10.4. The molecule has 0 aliphatic rings. The van der Waals surface area contributed by atoms with Crippen molar-refractivity contribution in [1.82, 2.24) is 10.6 Å². The highest BCUT2D eigenvalue weighted by Gasteiger charge is 2.07. The van der Waals surface area contributed by atoms with E-state index in [4.69, 9.17) is 16.0 Å². The van der Waals surface area contributed by atoms with Crippen LogP contribution >= 0.6 is 11.6 Å². The maximum absolute atomic E-state index is 11.7. The van der Waals surface area contributed by atoms with Crippen molar-refractivity contribution < 1.29 is 14.0 Å². The molecule has 116 valence electrons. The zero-order valence-corrected chi connectivity index (χ0v) is 12.7. The standard InChI is InChI=1S/C16H17ClN2O3/c17-13-6-4-12(5-7-13)11-15(20)18-8-2-9-19-16(21)14-3-1-10-22-14/h1,3-7,10H,2,8-9,11H2,(H,18,20)(H,19,21). The van der Waals surface area contributed by atoms with Gasteiger partial charge in [0.15, 0.2) is 5.76 Å². The van der Waals surface area contributed by atoms with Gasteiger partial charge in [-0.25, -0.2) is 0 Å². The van der Waals surface area contributed by atoms with Crippen LogP contribution in [0.3, 0.4) is 0 Å². The maximum Gasteiger partial charge on any atom is 0.286 e. The smallest absolute Gasteiger partial charge is 0.286 e. The van der Waals surface area contributed by atoms with Gasteiger partial charge in [0.05, 0.1) is 12.7 Å². The molecule has 6 heteroatoms. The van der Waals surface area contributed by atoms with E-state index in [1.807, 2.05) is 12.1 Å². The van der Waals surface area contributed by atoms with Gasteiger partial charge in [-0.15, -0.1) is 0 Å². The van der Waals surface area contributed by atoms with E-state index in [0.717, 1.165) is 5.56 Å². The van der Waals surface area contributed by atoms with Crippen LogP contribution in [0.5, 0.6) is 0 Å². The summed E-state index contributed by atoms with van der Waals surface area (Å²) in [5.41, 5.74) is 0.910. The molecule has 0 aliphatic heterocycles. The second-order valence-electron chi connectivity index (χ2n) is 4.74. The Morgan fingerprint density at radius 1 is 1.05 bits per heavy atom. The first-order valence-electron chi connectivity index (χ1n) is 6.98. The van der Waals surface area contributed by atoms with Crippen molar-refractivity contribution in [3.05, 3.63) is 59.0 Å². The minimum Gasteiger partial charge on any atom is -0.459 e. The molecule has 2 aromatic rings. The Morgan fingerprint density at radius 3 is 2.45 bits per heavy atom. The highest BCUT2D eigenvalue weighted by atomic mass is 35.5. The summed E-state index contributed by atoms with van der Waals surface area (Å²) in [5, 5.41) is 6.17. The Labute approximate surface area is 133 Å². The molecule has 2 rings (SSSR count). The predicted molar refractivity (Wildman–Crippen MR) is 83.8 cm³/mol. The van der Waals surface area contributed by atoms with E-state index in [2.05, 4.69) is 10.6 Å². The molecular weight excluding hydrogens is 304 g/mol. The molecule has 0 aliphatic carbocycles. The number of carbonyl (C=O) groups excluding carboxylic acids is 2. The van der Waals surface area contributed by atoms with E-state index in [1.165, 1.54) is 6.26 Å². The van der Waals surface area contributed by atoms with E-state index in [0.29, 0.717) is 31.0 Å². The molecular formula is C16H17ClN2O3. The number of halogens is 1. The summed E-state index contributed by atoms with van der Waals surface area (Å²) < 4.78 is 4.97. The number of benzene rings is 1. The number of furan rings is 1. The summed E-state index contributed by atoms with van der Waals surface area (Å²) in [4.78, 5) is 23.3. The summed E-state index contributed by atoms with van der Waals surface area (Å²) >= 11 is 5.79. The van der Waals surface area contributed by atoms with E-state index in [-0.39, 0.29) is 17.6 Å². The van der Waals surface area contributed by atoms with E-state index in [9.17, 15) is 9.59 Å². The summed E-state index contributed by atoms with van der Waals surface area (Å²) in [7, 11) is 0. The minimum atomic E-state index is -0.252. The van der Waals surface area contributed by atoms with Crippen LogP contribution in [0, 0.1) is 0 Å². The SMILES string of the molecule is O=C(Cc1ccc(Cl)cc1)NCCCNC(=O)c1ccco1. The summed E-state index contributed by atoms with van der Waals surface area (Å²) in [6.45, 7) is 0.978. The fourth-order valence-electron chi connectivity index (χ4n) is 1.86. The molecule has 1 heterocycles. The molecule has 0 spiro atoms. The van der Waals surface area contributed by atoms with Gasteiger partial charge in [-0.1, -0.05) is 23.7 Å². The molecule has 0 radical (unpaired) electrons. The van der Waals surface area contributed by atoms with E-state index >= 15 is 0 Å². The average Bonchev–Trinajstić information content (AvgIpc) is 3.03. The number of rotatable bonds is 7. The normalized spacial score (nSPS) is 10.2. The predicted octanol–water partition coefficient (Wildman–Crippen LogP) is 2.41. The lowest BCUT2D eigenvalue weighted by molar-refractivity contribution is -0.120. The van der Waals surface area contributed by atoms with Crippen LogP contribution in [0.4, 0.5) is 0 Å². The van der Waals surface area contributed by atoms with Gasteiger partial charge in [0.2, 0.25) is 5.91 Å². The lowest BCUT2D eigenvalue weighted by atomic mass is 10.1. The van der Waals surface area contributed by atoms with Crippen molar-refractivity contribution in [2.45, 2.75) is 12.8 Å². The molecule has 0 saturated heterocycles. The highest BCUT2D eigenvalue weighted by molar-refractivity contribution is 6.30. The van der Waals surface area contributed by atoms with Gasteiger partial charge in [0.1, 0.15) is 0 Å². The Balaban J connectivity index is 1.59. The first kappa shape index (κ1) is 16.1. The van der Waals surface area contributed by atoms with Crippen LogP contribution in [0.1, 0.15) is 22.5 Å². The van der Waals surface area contributed by atoms with Gasteiger partial charge in [0, 0.05) is 18.1 Å². The second kappa shape index (κ2) is 8.24. The molecule has 2 amide bonds. The zero-order chi connectivity index (χ0) is 15.8. The van der Waals surface area contributed by atoms with Crippen molar-refractivity contribution in [3.8, 4) is 0 Å². The van der Waals surface area contributed by atoms with Crippen LogP contribution in [0.25, 0.3) is 0 Å². The Bertz CT molecular complexity index is 609. The molecule has 0 bridgehead atoms. The quantitative estimate of drug-likeness (QED) is 0.770. The minimum absolute atomic E-state index is 0.0558. The van der Waals surface area contributed by atoms with Crippen LogP contribution in [0.2, 0.25) is 5.02 Å². The lowest BCUT2D eigenvalue weighted by Gasteiger charge is -2.06. The van der Waals surface area contributed by atoms with Gasteiger partial charge in [-0.3, -0.25) is 9.59 Å². The number of carbonyl (C=O) groups is 2. The molecule has 0 atom stereocenters. The average molecular weight is 321 g/mol. The zero-order valence-electron chi connectivity index (χ0n) is 12.0. The monoisotopic (exact) mass is 320 g/mol. The fraction of sp³-hybridized carbons (Fsp3) is 0.250. The second-order valence-corrected chi connectivity index (χ2v) is 5.18. The maximum atomic E-state index is 11.7. The topological polar surface area (TPSA) is 71.3 Å². The van der Waals surface area contributed by atoms with Crippen molar-refractivity contribution in [3.63, 3.8) is 0 Å². The van der Waals surface area contributed by atoms with Crippen molar-refractivity contribution >= 4 is 23.4 Å². The lowest BCUT2D eigenvalue weighted by Crippen LogP contribution is -2.30. The number of amides is 2. The van der Waals surface area contributed by atoms with Crippen LogP contribution in [0.15, 0.2) is 47.1 Å². The largest absolute Gasteiger partial charge is 0.459 e. The van der Waals surface area contributed by atoms with Crippen LogP contribution < -0.4 is 10.6 Å². The Kier molecular flexibility index (Phi) is 6.03. The first-order chi connectivity index (χ1) is 10.6. The molecule has 0 unspecified atom stereocenters. The Hall–Kier alpha value is -2.27. The first-order valence-corrected chi connectivity index (χ1v) is 7.36. The third-order valence-electron chi connectivity index (χ3n) is 2.98. The molecule has 0 fully saturated rings. The van der Waals surface area contributed by atoms with Crippen molar-refractivity contribution in [2.24, 2.45) is 0 Å². The molecule has 1 aromatic carbocycles. The summed E-state index contributed by atoms with van der Waals surface area (Å²) in [6.07, 6.45) is 2.42. The number of hydrogen-bond acceptors (Lipinski definition) is 3. The van der Waals surface area contributed by atoms with Gasteiger partial charge in [0.25, 0.3) is 5.91 Å². The van der Waals surface area contributed by atoms with Crippen LogP contribution in [-0.4, -0.2) is 24.9 Å². The van der Waals surface area contributed by atoms with Crippen LogP contribution in [-0.2, 0) is 11.2 Å². The molecule has 0 saturated carbocycles. The van der Waals surface area contributed by atoms with Gasteiger partial charge in [-0.2, -0.15) is 0 Å². The highest BCUT2D eigenvalue weighted by Crippen LogP contribution is 2.09. The number of nitrogens with one attached hydrogen (secondary N) is 2. The van der Waals surface area contributed by atoms with Gasteiger partial charge in [-0.05, 0) is 36.2 Å². The van der Waals surface area contributed by atoms with Gasteiger partial charge < -0.3 is 15.1 Å². The third kappa shape index (κ3) is 5.26. The molecule has 1 aromatic heterocycles. The number of hydrogen-bond donors (Lipinski definition) is 2.